The quantitative estimate of drug-likeness (QED) is 0.278. The molecular formula is C13H24Cl5O4P. The number of hydrogen-bond donors (Lipinski definition) is 0. The minimum Gasteiger partial charge on any atom is -0.374 e. The summed E-state index contributed by atoms with van der Waals surface area (Å²) in [6.45, 7) is 6.84. The van der Waals surface area contributed by atoms with Crippen LogP contribution < -0.4 is 0 Å². The third-order valence-electron chi connectivity index (χ3n) is 2.11. The van der Waals surface area contributed by atoms with Gasteiger partial charge in [0.05, 0.1) is 48.2 Å². The van der Waals surface area contributed by atoms with Gasteiger partial charge in [0.15, 0.2) is 0 Å². The van der Waals surface area contributed by atoms with E-state index in [2.05, 4.69) is 0 Å². The van der Waals surface area contributed by atoms with E-state index in [1.165, 1.54) is 0 Å². The first-order valence-electron chi connectivity index (χ1n) is 7.05. The summed E-state index contributed by atoms with van der Waals surface area (Å²) >= 11 is 29.3. The van der Waals surface area contributed by atoms with E-state index in [0.29, 0.717) is 6.61 Å². The van der Waals surface area contributed by atoms with Crippen molar-refractivity contribution in [1.82, 2.24) is 0 Å². The third kappa shape index (κ3) is 15.7. The molecule has 0 aliphatic carbocycles. The molecule has 0 aliphatic heterocycles. The standard InChI is InChI=1S/C13H24Cl5O4P/c1-13(2,3)19-6-12(18)9-22-23(20-7-10(16)4-14)21-8-11(17)5-15/h10-12H,4-9H2,1-3H3. The van der Waals surface area contributed by atoms with Crippen LogP contribution in [0.2, 0.25) is 0 Å². The Hall–Kier alpha value is 1.72. The van der Waals surface area contributed by atoms with Gasteiger partial charge in [-0.15, -0.1) is 58.0 Å². The molecule has 0 saturated carbocycles. The summed E-state index contributed by atoms with van der Waals surface area (Å²) in [5.74, 6) is 0.532. The van der Waals surface area contributed by atoms with Crippen molar-refractivity contribution in [3.8, 4) is 0 Å². The molecule has 0 heterocycles. The van der Waals surface area contributed by atoms with Gasteiger partial charge in [-0.05, 0) is 20.8 Å². The number of halogens is 5. The maximum atomic E-state index is 6.17. The van der Waals surface area contributed by atoms with Gasteiger partial charge in [-0.25, -0.2) is 0 Å². The summed E-state index contributed by atoms with van der Waals surface area (Å²) in [6.07, 6.45) is 0. The van der Waals surface area contributed by atoms with Crippen LogP contribution in [0.1, 0.15) is 20.8 Å². The molecule has 3 unspecified atom stereocenters. The second kappa shape index (κ2) is 13.9. The van der Waals surface area contributed by atoms with Crippen LogP contribution in [0, 0.1) is 0 Å². The van der Waals surface area contributed by atoms with Crippen molar-refractivity contribution in [2.24, 2.45) is 0 Å². The zero-order valence-electron chi connectivity index (χ0n) is 13.4. The normalized spacial score (nSPS) is 17.7. The number of ether oxygens (including phenoxy) is 1. The zero-order valence-corrected chi connectivity index (χ0v) is 18.1. The van der Waals surface area contributed by atoms with Gasteiger partial charge in [0, 0.05) is 11.8 Å². The maximum absolute atomic E-state index is 6.17. The van der Waals surface area contributed by atoms with E-state index < -0.39 is 8.60 Å². The molecule has 0 radical (unpaired) electrons. The molecule has 0 aliphatic rings. The fraction of sp³-hybridized carbons (Fsp3) is 1.00. The summed E-state index contributed by atoms with van der Waals surface area (Å²) in [6, 6.07) is 0. The maximum Gasteiger partial charge on any atom is 0.332 e. The average molecular weight is 453 g/mol. The molecule has 0 aromatic rings. The van der Waals surface area contributed by atoms with Gasteiger partial charge in [-0.2, -0.15) is 0 Å². The smallest absolute Gasteiger partial charge is 0.332 e. The highest BCUT2D eigenvalue weighted by atomic mass is 35.5. The predicted molar refractivity (Wildman–Crippen MR) is 101 cm³/mol. The molecule has 0 N–H and O–H groups in total. The van der Waals surface area contributed by atoms with Gasteiger partial charge in [0.1, 0.15) is 0 Å². The average Bonchev–Trinajstić information content (AvgIpc) is 2.50. The molecule has 10 heteroatoms. The van der Waals surface area contributed by atoms with Gasteiger partial charge < -0.3 is 18.3 Å². The minimum absolute atomic E-state index is 0.204. The highest BCUT2D eigenvalue weighted by molar-refractivity contribution is 7.41. The zero-order chi connectivity index (χ0) is 17.9. The highest BCUT2D eigenvalue weighted by Gasteiger charge is 2.20. The molecule has 140 valence electrons. The Balaban J connectivity index is 4.21. The lowest BCUT2D eigenvalue weighted by Crippen LogP contribution is -2.26. The molecule has 0 saturated heterocycles. The molecule has 0 aromatic carbocycles. The van der Waals surface area contributed by atoms with Crippen molar-refractivity contribution in [1.29, 1.82) is 0 Å². The third-order valence-corrected chi connectivity index (χ3v) is 5.07. The molecule has 0 bridgehead atoms. The van der Waals surface area contributed by atoms with E-state index in [4.69, 9.17) is 76.3 Å². The molecular weight excluding hydrogens is 428 g/mol. The van der Waals surface area contributed by atoms with Gasteiger partial charge in [0.2, 0.25) is 0 Å². The van der Waals surface area contributed by atoms with Crippen LogP contribution in [0.4, 0.5) is 0 Å². The summed E-state index contributed by atoms with van der Waals surface area (Å²) < 4.78 is 22.1. The van der Waals surface area contributed by atoms with Crippen LogP contribution in [0.15, 0.2) is 0 Å². The number of hydrogen-bond acceptors (Lipinski definition) is 4. The van der Waals surface area contributed by atoms with Crippen LogP contribution >= 0.6 is 66.6 Å². The van der Waals surface area contributed by atoms with Crippen molar-refractivity contribution >= 4 is 66.6 Å². The number of alkyl halides is 5. The molecule has 0 spiro atoms. The lowest BCUT2D eigenvalue weighted by atomic mass is 10.2. The van der Waals surface area contributed by atoms with Crippen molar-refractivity contribution in [2.45, 2.75) is 42.5 Å². The van der Waals surface area contributed by atoms with Crippen molar-refractivity contribution in [3.63, 3.8) is 0 Å². The van der Waals surface area contributed by atoms with Crippen molar-refractivity contribution in [3.05, 3.63) is 0 Å². The largest absolute Gasteiger partial charge is 0.374 e. The lowest BCUT2D eigenvalue weighted by molar-refractivity contribution is -0.00693. The first kappa shape index (κ1) is 24.7. The molecule has 0 fully saturated rings. The fourth-order valence-electron chi connectivity index (χ4n) is 1.01. The SMILES string of the molecule is CC(C)(C)OCC(Cl)COP(OCC(Cl)CCl)OCC(Cl)CCl. The highest BCUT2D eigenvalue weighted by Crippen LogP contribution is 2.41. The van der Waals surface area contributed by atoms with Crippen molar-refractivity contribution < 1.29 is 18.3 Å². The second-order valence-electron chi connectivity index (χ2n) is 5.63. The van der Waals surface area contributed by atoms with E-state index >= 15 is 0 Å². The molecule has 0 aromatic heterocycles. The van der Waals surface area contributed by atoms with Crippen molar-refractivity contribution in [2.75, 3.05) is 38.2 Å². The summed E-state index contributed by atoms with van der Waals surface area (Å²) in [4.78, 5) is 0. The molecule has 3 atom stereocenters. The van der Waals surface area contributed by atoms with E-state index in [0.717, 1.165) is 0 Å². The van der Waals surface area contributed by atoms with Gasteiger partial charge >= 0.3 is 8.60 Å². The van der Waals surface area contributed by atoms with E-state index in [1.54, 1.807) is 0 Å². The topological polar surface area (TPSA) is 36.9 Å². The fourth-order valence-corrected chi connectivity index (χ4v) is 2.84. The Morgan fingerprint density at radius 1 is 0.739 bits per heavy atom. The summed E-state index contributed by atoms with van der Waals surface area (Å²) in [5, 5.41) is -0.986. The summed E-state index contributed by atoms with van der Waals surface area (Å²) in [7, 11) is -1.63. The second-order valence-corrected chi connectivity index (χ2v) is 9.33. The predicted octanol–water partition coefficient (Wildman–Crippen LogP) is 5.38. The van der Waals surface area contributed by atoms with E-state index in [-0.39, 0.29) is 53.3 Å². The van der Waals surface area contributed by atoms with E-state index in [9.17, 15) is 0 Å². The monoisotopic (exact) mass is 450 g/mol. The Labute approximate surface area is 165 Å². The van der Waals surface area contributed by atoms with Gasteiger partial charge in [-0.1, -0.05) is 0 Å². The van der Waals surface area contributed by atoms with Crippen LogP contribution in [-0.4, -0.2) is 59.9 Å². The Morgan fingerprint density at radius 2 is 1.13 bits per heavy atom. The molecule has 23 heavy (non-hydrogen) atoms. The summed E-state index contributed by atoms with van der Waals surface area (Å²) in [5.41, 5.74) is -0.261. The van der Waals surface area contributed by atoms with Crippen LogP contribution in [0.5, 0.6) is 0 Å². The number of rotatable bonds is 13. The minimum atomic E-state index is -1.63. The molecule has 0 rings (SSSR count). The van der Waals surface area contributed by atoms with Crippen LogP contribution in [0.3, 0.4) is 0 Å². The van der Waals surface area contributed by atoms with Crippen LogP contribution in [-0.2, 0) is 18.3 Å². The Morgan fingerprint density at radius 3 is 1.48 bits per heavy atom. The van der Waals surface area contributed by atoms with Gasteiger partial charge in [0.25, 0.3) is 0 Å². The first-order valence-corrected chi connectivity index (χ1v) is 10.5. The first-order chi connectivity index (χ1) is 10.7. The molecule has 4 nitrogen and oxygen atoms in total. The Kier molecular flexibility index (Phi) is 14.9. The Bertz CT molecular complexity index is 282. The van der Waals surface area contributed by atoms with Gasteiger partial charge in [-0.3, -0.25) is 0 Å². The van der Waals surface area contributed by atoms with E-state index in [1.807, 2.05) is 20.8 Å². The molecule has 0 amide bonds. The lowest BCUT2D eigenvalue weighted by Gasteiger charge is -2.23. The van der Waals surface area contributed by atoms with Crippen LogP contribution in [0.25, 0.3) is 0 Å².